The number of benzene rings is 1. The first kappa shape index (κ1) is 17.1. The highest BCUT2D eigenvalue weighted by atomic mass is 127. The molecule has 0 saturated carbocycles. The van der Waals surface area contributed by atoms with Gasteiger partial charge >= 0.3 is 0 Å². The van der Waals surface area contributed by atoms with E-state index in [4.69, 9.17) is 18.9 Å². The third-order valence-electron chi connectivity index (χ3n) is 3.41. The van der Waals surface area contributed by atoms with Gasteiger partial charge in [0.15, 0.2) is 6.29 Å². The van der Waals surface area contributed by atoms with Crippen LogP contribution in [-0.4, -0.2) is 42.2 Å². The molecule has 4 atom stereocenters. The van der Waals surface area contributed by atoms with E-state index in [0.29, 0.717) is 19.8 Å². The highest BCUT2D eigenvalue weighted by molar-refractivity contribution is 14.1. The Morgan fingerprint density at radius 3 is 2.76 bits per heavy atom. The Labute approximate surface area is 140 Å². The Balaban J connectivity index is 1.91. The number of rotatable bonds is 8. The maximum absolute atomic E-state index is 6.07. The van der Waals surface area contributed by atoms with Gasteiger partial charge in [-0.3, -0.25) is 0 Å². The minimum absolute atomic E-state index is 0.0509. The average molecular weight is 406 g/mol. The largest absolute Gasteiger partial charge is 0.372 e. The summed E-state index contributed by atoms with van der Waals surface area (Å²) < 4.78 is 24.1. The summed E-state index contributed by atoms with van der Waals surface area (Å²) >= 11 is 2.33. The van der Waals surface area contributed by atoms with Gasteiger partial charge in [0.2, 0.25) is 0 Å². The van der Waals surface area contributed by atoms with Crippen LogP contribution in [0.1, 0.15) is 19.4 Å². The van der Waals surface area contributed by atoms with Crippen molar-refractivity contribution in [3.8, 4) is 0 Å². The van der Waals surface area contributed by atoms with Gasteiger partial charge < -0.3 is 18.9 Å². The van der Waals surface area contributed by atoms with Crippen LogP contribution in [0.4, 0.5) is 0 Å². The summed E-state index contributed by atoms with van der Waals surface area (Å²) in [5.74, 6) is 0. The third-order valence-corrected chi connectivity index (χ3v) is 4.28. The Morgan fingerprint density at radius 1 is 1.33 bits per heavy atom. The smallest absolute Gasteiger partial charge is 0.155 e. The number of halogens is 1. The van der Waals surface area contributed by atoms with Crippen LogP contribution in [0.3, 0.4) is 0 Å². The quantitative estimate of drug-likeness (QED) is 0.378. The lowest BCUT2D eigenvalue weighted by atomic mass is 10.1. The summed E-state index contributed by atoms with van der Waals surface area (Å²) in [7, 11) is 0. The van der Waals surface area contributed by atoms with Crippen LogP contribution in [0, 0.1) is 0 Å². The van der Waals surface area contributed by atoms with Gasteiger partial charge in [-0.15, -0.1) is 0 Å². The predicted octanol–water partition coefficient (Wildman–Crippen LogP) is 3.17. The third kappa shape index (κ3) is 5.17. The first-order chi connectivity index (χ1) is 10.2. The number of hydrogen-bond acceptors (Lipinski definition) is 4. The molecule has 1 heterocycles. The summed E-state index contributed by atoms with van der Waals surface area (Å²) in [4.78, 5) is 0. The SMILES string of the molecule is CCO[C@@H](C)O[C@@H]1CO[C@H](CI)[C@@H]1OCc1ccccc1. The van der Waals surface area contributed by atoms with Crippen molar-refractivity contribution in [3.05, 3.63) is 35.9 Å². The van der Waals surface area contributed by atoms with Gasteiger partial charge in [-0.1, -0.05) is 52.9 Å². The van der Waals surface area contributed by atoms with Crippen molar-refractivity contribution in [2.45, 2.75) is 45.1 Å². The van der Waals surface area contributed by atoms with Crippen LogP contribution in [-0.2, 0) is 25.6 Å². The van der Waals surface area contributed by atoms with Crippen LogP contribution in [0.15, 0.2) is 30.3 Å². The first-order valence-corrected chi connectivity index (χ1v) is 8.87. The second kappa shape index (κ2) is 9.05. The summed E-state index contributed by atoms with van der Waals surface area (Å²) in [5.41, 5.74) is 1.16. The highest BCUT2D eigenvalue weighted by Gasteiger charge is 2.39. The molecule has 0 aliphatic carbocycles. The summed E-state index contributed by atoms with van der Waals surface area (Å²) in [6.07, 6.45) is -0.285. The molecule has 0 bridgehead atoms. The molecule has 1 aromatic rings. The average Bonchev–Trinajstić information content (AvgIpc) is 2.88. The van der Waals surface area contributed by atoms with Crippen molar-refractivity contribution in [2.24, 2.45) is 0 Å². The van der Waals surface area contributed by atoms with E-state index in [2.05, 4.69) is 34.7 Å². The molecule has 0 N–H and O–H groups in total. The molecule has 1 aliphatic rings. The first-order valence-electron chi connectivity index (χ1n) is 7.34. The molecule has 0 unspecified atom stereocenters. The lowest BCUT2D eigenvalue weighted by Gasteiger charge is -2.25. The Hall–Kier alpha value is -0.210. The van der Waals surface area contributed by atoms with Crippen molar-refractivity contribution < 1.29 is 18.9 Å². The molecule has 0 radical (unpaired) electrons. The fraction of sp³-hybridized carbons (Fsp3) is 0.625. The molecule has 21 heavy (non-hydrogen) atoms. The second-order valence-electron chi connectivity index (χ2n) is 4.98. The van der Waals surface area contributed by atoms with Crippen LogP contribution < -0.4 is 0 Å². The van der Waals surface area contributed by atoms with Crippen LogP contribution >= 0.6 is 22.6 Å². The molecule has 1 aromatic carbocycles. The zero-order chi connectivity index (χ0) is 15.1. The van der Waals surface area contributed by atoms with Crippen molar-refractivity contribution >= 4 is 22.6 Å². The maximum atomic E-state index is 6.07. The van der Waals surface area contributed by atoms with Crippen molar-refractivity contribution in [2.75, 3.05) is 17.6 Å². The minimum Gasteiger partial charge on any atom is -0.372 e. The standard InChI is InChI=1S/C16H23IO4/c1-3-18-12(2)21-15-11-19-14(9-17)16(15)20-10-13-7-5-4-6-8-13/h4-8,12,14-16H,3,9-11H2,1-2H3/t12-,14-,15-,16+/m1/s1. The molecule has 118 valence electrons. The predicted molar refractivity (Wildman–Crippen MR) is 89.6 cm³/mol. The minimum atomic E-state index is -0.237. The van der Waals surface area contributed by atoms with Crippen molar-refractivity contribution in [1.82, 2.24) is 0 Å². The Morgan fingerprint density at radius 2 is 2.10 bits per heavy atom. The maximum Gasteiger partial charge on any atom is 0.155 e. The van der Waals surface area contributed by atoms with Gasteiger partial charge in [-0.05, 0) is 19.4 Å². The van der Waals surface area contributed by atoms with E-state index in [9.17, 15) is 0 Å². The second-order valence-corrected chi connectivity index (χ2v) is 5.87. The van der Waals surface area contributed by atoms with E-state index < -0.39 is 0 Å². The Bertz CT molecular complexity index is 401. The van der Waals surface area contributed by atoms with Gasteiger partial charge in [0.25, 0.3) is 0 Å². The number of ether oxygens (including phenoxy) is 4. The lowest BCUT2D eigenvalue weighted by Crippen LogP contribution is -2.38. The van der Waals surface area contributed by atoms with Crippen molar-refractivity contribution in [1.29, 1.82) is 0 Å². The van der Waals surface area contributed by atoms with Gasteiger partial charge in [-0.25, -0.2) is 0 Å². The van der Waals surface area contributed by atoms with E-state index >= 15 is 0 Å². The molecule has 4 nitrogen and oxygen atoms in total. The summed E-state index contributed by atoms with van der Waals surface area (Å²) in [6.45, 7) is 5.65. The van der Waals surface area contributed by atoms with Gasteiger partial charge in [-0.2, -0.15) is 0 Å². The van der Waals surface area contributed by atoms with Gasteiger partial charge in [0, 0.05) is 11.0 Å². The Kier molecular flexibility index (Phi) is 7.39. The topological polar surface area (TPSA) is 36.9 Å². The van der Waals surface area contributed by atoms with Gasteiger partial charge in [0.05, 0.1) is 19.3 Å². The van der Waals surface area contributed by atoms with E-state index in [-0.39, 0.29) is 24.6 Å². The molecular formula is C16H23IO4. The van der Waals surface area contributed by atoms with Crippen LogP contribution in [0.5, 0.6) is 0 Å². The van der Waals surface area contributed by atoms with Crippen LogP contribution in [0.2, 0.25) is 0 Å². The summed E-state index contributed by atoms with van der Waals surface area (Å²) in [5, 5.41) is 0. The zero-order valence-corrected chi connectivity index (χ0v) is 14.7. The van der Waals surface area contributed by atoms with Gasteiger partial charge in [0.1, 0.15) is 12.2 Å². The van der Waals surface area contributed by atoms with E-state index in [1.54, 1.807) is 0 Å². The monoisotopic (exact) mass is 406 g/mol. The molecule has 0 aromatic heterocycles. The van der Waals surface area contributed by atoms with Crippen molar-refractivity contribution in [3.63, 3.8) is 0 Å². The fourth-order valence-electron chi connectivity index (χ4n) is 2.40. The fourth-order valence-corrected chi connectivity index (χ4v) is 3.15. The molecule has 0 spiro atoms. The molecule has 1 aliphatic heterocycles. The lowest BCUT2D eigenvalue weighted by molar-refractivity contribution is -0.180. The zero-order valence-electron chi connectivity index (χ0n) is 12.5. The van der Waals surface area contributed by atoms with E-state index in [1.165, 1.54) is 0 Å². The molecule has 1 fully saturated rings. The number of alkyl halides is 1. The molecule has 1 saturated heterocycles. The molecule has 0 amide bonds. The molecule has 5 heteroatoms. The molecule has 2 rings (SSSR count). The normalized spacial score (nSPS) is 26.9. The van der Waals surface area contributed by atoms with E-state index in [0.717, 1.165) is 9.99 Å². The number of hydrogen-bond donors (Lipinski definition) is 0. The highest BCUT2D eigenvalue weighted by Crippen LogP contribution is 2.24. The van der Waals surface area contributed by atoms with E-state index in [1.807, 2.05) is 32.0 Å². The van der Waals surface area contributed by atoms with Crippen LogP contribution in [0.25, 0.3) is 0 Å². The summed E-state index contributed by atoms with van der Waals surface area (Å²) in [6, 6.07) is 10.2. The molecular weight excluding hydrogens is 383 g/mol.